The molecule has 0 aromatic heterocycles. The zero-order chi connectivity index (χ0) is 13.1. The minimum absolute atomic E-state index is 0.0679. The molecule has 0 bridgehead atoms. The van der Waals surface area contributed by atoms with E-state index in [0.29, 0.717) is 5.92 Å². The van der Waals surface area contributed by atoms with Crippen LogP contribution in [-0.4, -0.2) is 25.0 Å². The lowest BCUT2D eigenvalue weighted by atomic mass is 9.95. The molecule has 1 aromatic carbocycles. The van der Waals surface area contributed by atoms with Gasteiger partial charge in [0, 0.05) is 31.7 Å². The van der Waals surface area contributed by atoms with Gasteiger partial charge >= 0.3 is 0 Å². The minimum atomic E-state index is 0.0679. The molecule has 0 radical (unpaired) electrons. The molecule has 0 spiro atoms. The first-order valence-electron chi connectivity index (χ1n) is 6.63. The lowest BCUT2D eigenvalue weighted by molar-refractivity contribution is -0.119. The van der Waals surface area contributed by atoms with Crippen molar-refractivity contribution in [3.05, 3.63) is 29.8 Å². The third-order valence-electron chi connectivity index (χ3n) is 3.43. The van der Waals surface area contributed by atoms with E-state index in [1.54, 1.807) is 6.92 Å². The molecule has 18 heavy (non-hydrogen) atoms. The highest BCUT2D eigenvalue weighted by Gasteiger charge is 2.25. The monoisotopic (exact) mass is 246 g/mol. The zero-order valence-electron chi connectivity index (χ0n) is 11.4. The highest BCUT2D eigenvalue weighted by Crippen LogP contribution is 2.23. The average Bonchev–Trinajstić information content (AvgIpc) is 2.27. The molecule has 2 unspecified atom stereocenters. The van der Waals surface area contributed by atoms with Crippen molar-refractivity contribution in [1.82, 2.24) is 5.32 Å². The number of carbonyl (C=O) groups is 1. The quantitative estimate of drug-likeness (QED) is 0.868. The molecule has 1 aliphatic rings. The van der Waals surface area contributed by atoms with Gasteiger partial charge in [0.05, 0.1) is 0 Å². The maximum absolute atomic E-state index is 11.2. The van der Waals surface area contributed by atoms with E-state index in [1.807, 2.05) is 0 Å². The Labute approximate surface area is 109 Å². The molecule has 1 N–H and O–H groups in total. The Morgan fingerprint density at radius 2 is 2.17 bits per heavy atom. The number of benzene rings is 1. The van der Waals surface area contributed by atoms with Crippen molar-refractivity contribution in [2.45, 2.75) is 33.2 Å². The second-order valence-electron chi connectivity index (χ2n) is 5.48. The van der Waals surface area contributed by atoms with Gasteiger partial charge in [0.2, 0.25) is 5.91 Å². The second-order valence-corrected chi connectivity index (χ2v) is 5.48. The molecule has 3 heteroatoms. The summed E-state index contributed by atoms with van der Waals surface area (Å²) in [5.41, 5.74) is 2.54. The van der Waals surface area contributed by atoms with Crippen LogP contribution >= 0.6 is 0 Å². The van der Waals surface area contributed by atoms with Crippen molar-refractivity contribution in [3.8, 4) is 0 Å². The molecule has 3 nitrogen and oxygen atoms in total. The van der Waals surface area contributed by atoms with Crippen LogP contribution in [-0.2, 0) is 4.79 Å². The molecule has 1 aliphatic heterocycles. The molecule has 1 amide bonds. The van der Waals surface area contributed by atoms with Crippen LogP contribution in [0.25, 0.3) is 0 Å². The number of nitrogens with zero attached hydrogens (tertiary/aromatic N) is 1. The first kappa shape index (κ1) is 12.9. The van der Waals surface area contributed by atoms with Gasteiger partial charge in [0.25, 0.3) is 0 Å². The van der Waals surface area contributed by atoms with Crippen LogP contribution in [0.5, 0.6) is 0 Å². The van der Waals surface area contributed by atoms with Gasteiger partial charge in [-0.25, -0.2) is 0 Å². The normalized spacial score (nSPS) is 23.8. The lowest BCUT2D eigenvalue weighted by Gasteiger charge is -2.38. The van der Waals surface area contributed by atoms with Crippen LogP contribution < -0.4 is 10.2 Å². The second kappa shape index (κ2) is 5.42. The summed E-state index contributed by atoms with van der Waals surface area (Å²) in [6.07, 6.45) is 1.07. The molecular formula is C15H22N2O. The molecule has 2 rings (SSSR count). The molecule has 1 fully saturated rings. The van der Waals surface area contributed by atoms with Crippen molar-refractivity contribution in [3.63, 3.8) is 0 Å². The molecule has 1 saturated heterocycles. The fourth-order valence-electron chi connectivity index (χ4n) is 2.78. The Balaban J connectivity index is 2.10. The van der Waals surface area contributed by atoms with Gasteiger partial charge in [0.15, 0.2) is 0 Å². The molecular weight excluding hydrogens is 224 g/mol. The van der Waals surface area contributed by atoms with Crippen LogP contribution in [0.15, 0.2) is 24.3 Å². The summed E-state index contributed by atoms with van der Waals surface area (Å²) in [5.74, 6) is 0.675. The Morgan fingerprint density at radius 1 is 1.39 bits per heavy atom. The van der Waals surface area contributed by atoms with Gasteiger partial charge in [-0.3, -0.25) is 4.79 Å². The van der Waals surface area contributed by atoms with E-state index in [4.69, 9.17) is 0 Å². The number of aryl methyl sites for hydroxylation is 1. The van der Waals surface area contributed by atoms with E-state index >= 15 is 0 Å². The lowest BCUT2D eigenvalue weighted by Crippen LogP contribution is -2.50. The van der Waals surface area contributed by atoms with E-state index in [1.165, 1.54) is 11.3 Å². The maximum Gasteiger partial charge on any atom is 0.217 e. The predicted octanol–water partition coefficient (Wildman–Crippen LogP) is 2.35. The number of hydrogen-bond acceptors (Lipinski definition) is 2. The zero-order valence-corrected chi connectivity index (χ0v) is 11.4. The number of piperidine rings is 1. The topological polar surface area (TPSA) is 32.3 Å². The summed E-state index contributed by atoms with van der Waals surface area (Å²) in [4.78, 5) is 13.6. The highest BCUT2D eigenvalue weighted by atomic mass is 16.1. The summed E-state index contributed by atoms with van der Waals surface area (Å²) in [6.45, 7) is 7.93. The Bertz CT molecular complexity index is 430. The van der Waals surface area contributed by atoms with Gasteiger partial charge in [-0.15, -0.1) is 0 Å². The van der Waals surface area contributed by atoms with Gasteiger partial charge in [0.1, 0.15) is 0 Å². The van der Waals surface area contributed by atoms with E-state index < -0.39 is 0 Å². The standard InChI is InChI=1S/C15H22N2O/c1-11-5-4-6-15(8-11)17-9-12(2)7-14(10-17)16-13(3)18/h4-6,8,12,14H,7,9-10H2,1-3H3,(H,16,18). The smallest absolute Gasteiger partial charge is 0.217 e. The van der Waals surface area contributed by atoms with E-state index in [2.05, 4.69) is 48.3 Å². The molecule has 1 aromatic rings. The molecule has 2 atom stereocenters. The molecule has 98 valence electrons. The van der Waals surface area contributed by atoms with Crippen LogP contribution in [0.1, 0.15) is 25.8 Å². The Hall–Kier alpha value is -1.51. The van der Waals surface area contributed by atoms with Gasteiger partial charge < -0.3 is 10.2 Å². The number of anilines is 1. The number of rotatable bonds is 2. The van der Waals surface area contributed by atoms with Crippen molar-refractivity contribution < 1.29 is 4.79 Å². The number of amides is 1. The van der Waals surface area contributed by atoms with Crippen LogP contribution in [0.4, 0.5) is 5.69 Å². The Morgan fingerprint density at radius 3 is 2.83 bits per heavy atom. The van der Waals surface area contributed by atoms with Crippen molar-refractivity contribution in [1.29, 1.82) is 0 Å². The summed E-state index contributed by atoms with van der Waals surface area (Å²) < 4.78 is 0. The summed E-state index contributed by atoms with van der Waals surface area (Å²) in [6, 6.07) is 8.84. The largest absolute Gasteiger partial charge is 0.369 e. The number of hydrogen-bond donors (Lipinski definition) is 1. The van der Waals surface area contributed by atoms with Crippen molar-refractivity contribution >= 4 is 11.6 Å². The number of carbonyl (C=O) groups excluding carboxylic acids is 1. The van der Waals surface area contributed by atoms with E-state index in [9.17, 15) is 4.79 Å². The first-order chi connectivity index (χ1) is 8.54. The fourth-order valence-corrected chi connectivity index (χ4v) is 2.78. The SMILES string of the molecule is CC(=O)NC1CC(C)CN(c2cccc(C)c2)C1. The molecule has 0 aliphatic carbocycles. The maximum atomic E-state index is 11.2. The van der Waals surface area contributed by atoms with Crippen molar-refractivity contribution in [2.24, 2.45) is 5.92 Å². The summed E-state index contributed by atoms with van der Waals surface area (Å²) in [5, 5.41) is 3.05. The highest BCUT2D eigenvalue weighted by molar-refractivity contribution is 5.73. The van der Waals surface area contributed by atoms with Gasteiger partial charge in [-0.2, -0.15) is 0 Å². The van der Waals surface area contributed by atoms with Crippen LogP contribution in [0.2, 0.25) is 0 Å². The minimum Gasteiger partial charge on any atom is -0.369 e. The third kappa shape index (κ3) is 3.25. The van der Waals surface area contributed by atoms with Crippen molar-refractivity contribution in [2.75, 3.05) is 18.0 Å². The third-order valence-corrected chi connectivity index (χ3v) is 3.43. The summed E-state index contributed by atoms with van der Waals surface area (Å²) in [7, 11) is 0. The van der Waals surface area contributed by atoms with E-state index in [0.717, 1.165) is 19.5 Å². The first-order valence-corrected chi connectivity index (χ1v) is 6.63. The Kier molecular flexibility index (Phi) is 3.90. The van der Waals surface area contributed by atoms with Crippen LogP contribution in [0, 0.1) is 12.8 Å². The average molecular weight is 246 g/mol. The summed E-state index contributed by atoms with van der Waals surface area (Å²) >= 11 is 0. The fraction of sp³-hybridized carbons (Fsp3) is 0.533. The van der Waals surface area contributed by atoms with Gasteiger partial charge in [-0.05, 0) is 37.0 Å². The molecule has 1 heterocycles. The molecule has 0 saturated carbocycles. The number of nitrogens with one attached hydrogen (secondary N) is 1. The van der Waals surface area contributed by atoms with Crippen LogP contribution in [0.3, 0.4) is 0 Å². The van der Waals surface area contributed by atoms with E-state index in [-0.39, 0.29) is 11.9 Å². The van der Waals surface area contributed by atoms with Gasteiger partial charge in [-0.1, -0.05) is 19.1 Å². The predicted molar refractivity (Wildman–Crippen MR) is 74.8 cm³/mol.